The van der Waals surface area contributed by atoms with Crippen LogP contribution >= 0.6 is 11.3 Å². The van der Waals surface area contributed by atoms with E-state index in [0.29, 0.717) is 33.6 Å². The van der Waals surface area contributed by atoms with Gasteiger partial charge in [-0.15, -0.1) is 11.3 Å². The van der Waals surface area contributed by atoms with E-state index in [4.69, 9.17) is 0 Å². The number of aryl methyl sites for hydroxylation is 8. The fourth-order valence-electron chi connectivity index (χ4n) is 14.8. The number of thiophene rings is 1. The molecule has 3 heterocycles. The molecule has 0 atom stereocenters. The van der Waals surface area contributed by atoms with Gasteiger partial charge in [0.2, 0.25) is 0 Å². The third kappa shape index (κ3) is 8.93. The number of aromatic nitrogens is 2. The van der Waals surface area contributed by atoms with Crippen molar-refractivity contribution in [2.24, 2.45) is 0 Å². The largest absolute Gasteiger partial charge is 0.307 e. The zero-order valence-corrected chi connectivity index (χ0v) is 52.5. The summed E-state index contributed by atoms with van der Waals surface area (Å²) < 4.78 is 6.32. The molecule has 0 amide bonds. The summed E-state index contributed by atoms with van der Waals surface area (Å²) in [6.45, 7) is 17.2. The van der Waals surface area contributed by atoms with Crippen molar-refractivity contribution in [2.75, 3.05) is 0 Å². The van der Waals surface area contributed by atoms with Gasteiger partial charge in [0.1, 0.15) is 24.3 Å². The van der Waals surface area contributed by atoms with Gasteiger partial charge >= 0.3 is 0 Å². The molecule has 0 spiro atoms. The molecule has 0 aliphatic carbocycles. The number of rotatable bonds is 8. The maximum atomic E-state index is 11.2. The Labute approximate surface area is 532 Å². The van der Waals surface area contributed by atoms with Crippen LogP contribution in [-0.2, 0) is 0 Å². The van der Waals surface area contributed by atoms with Crippen LogP contribution in [0.3, 0.4) is 0 Å². The van der Waals surface area contributed by atoms with Gasteiger partial charge in [-0.05, 0) is 252 Å². The molecule has 0 fully saturated rings. The first-order valence-electron chi connectivity index (χ1n) is 30.6. The Bertz CT molecular complexity index is 5140. The Morgan fingerprint density at radius 3 is 0.736 bits per heavy atom. The minimum atomic E-state index is 0.397. The second-order valence-electron chi connectivity index (χ2n) is 24.5. The van der Waals surface area contributed by atoms with Crippen LogP contribution in [0.1, 0.15) is 66.8 Å². The Morgan fingerprint density at radius 1 is 0.253 bits per heavy atom. The maximum Gasteiger partial charge on any atom is 0.101 e. The van der Waals surface area contributed by atoms with Crippen molar-refractivity contribution in [3.63, 3.8) is 0 Å². The van der Waals surface area contributed by atoms with E-state index in [-0.39, 0.29) is 0 Å². The van der Waals surface area contributed by atoms with E-state index in [2.05, 4.69) is 271 Å². The topological polar surface area (TPSA) is 105 Å². The Hall–Kier alpha value is -11.6. The van der Waals surface area contributed by atoms with Gasteiger partial charge in [0.15, 0.2) is 0 Å². The lowest BCUT2D eigenvalue weighted by molar-refractivity contribution is 1.15. The van der Waals surface area contributed by atoms with E-state index in [9.17, 15) is 21.0 Å². The average molecular weight is 1180 g/mol. The molecule has 0 aliphatic rings. The highest BCUT2D eigenvalue weighted by Gasteiger charge is 2.25. The summed E-state index contributed by atoms with van der Waals surface area (Å²) in [5.41, 5.74) is 28.5. The van der Waals surface area contributed by atoms with E-state index in [0.717, 1.165) is 108 Å². The standard InChI is InChI=1S/C84H58N6S/c1-47-13-9-14-48(2)79(47)57-23-29-73-69(37-57)70-38-58(80-49(3)15-10-16-50(80)4)24-30-74(70)89(73)83-63(43-85)33-61(34-64(83)44-86)55-21-27-67-68-28-22-56(42-78(68)91-77(67)41-55)62-35-65(45-87)84(66(36-62)46-88)90-75-31-25-59(81-51(5)17-11-18-52(81)6)39-71(75)72-40-60(26-32-76(72)90)82-53(7)19-12-20-54(82)8/h9-42H,1-8H3. The summed E-state index contributed by atoms with van der Waals surface area (Å²) >= 11 is 1.66. The summed E-state index contributed by atoms with van der Waals surface area (Å²) in [5, 5.41) is 51.0. The molecule has 0 saturated heterocycles. The molecule has 7 heteroatoms. The molecule has 0 N–H and O–H groups in total. The Morgan fingerprint density at radius 2 is 0.495 bits per heavy atom. The van der Waals surface area contributed by atoms with Crippen molar-refractivity contribution in [3.8, 4) is 102 Å². The van der Waals surface area contributed by atoms with Crippen LogP contribution in [0.5, 0.6) is 0 Å². The fourth-order valence-corrected chi connectivity index (χ4v) is 16.0. The van der Waals surface area contributed by atoms with Gasteiger partial charge in [-0.1, -0.05) is 121 Å². The third-order valence-corrected chi connectivity index (χ3v) is 20.0. The van der Waals surface area contributed by atoms with E-state index in [1.54, 1.807) is 11.3 Å². The summed E-state index contributed by atoms with van der Waals surface area (Å²) in [6, 6.07) is 82.5. The van der Waals surface area contributed by atoms with E-state index in [1.165, 1.54) is 66.8 Å². The monoisotopic (exact) mass is 1180 g/mol. The van der Waals surface area contributed by atoms with Crippen LogP contribution in [0.25, 0.3) is 142 Å². The third-order valence-electron chi connectivity index (χ3n) is 18.9. The van der Waals surface area contributed by atoms with Gasteiger partial charge in [-0.2, -0.15) is 21.0 Å². The van der Waals surface area contributed by atoms with Crippen molar-refractivity contribution in [1.82, 2.24) is 9.13 Å². The highest BCUT2D eigenvalue weighted by atomic mass is 32.1. The normalized spacial score (nSPS) is 11.5. The first-order chi connectivity index (χ1) is 44.2. The van der Waals surface area contributed by atoms with Gasteiger partial charge in [0.25, 0.3) is 0 Å². The predicted octanol–water partition coefficient (Wildman–Crippen LogP) is 22.2. The molecule has 3 aromatic heterocycles. The SMILES string of the molecule is Cc1cccc(C)c1-c1ccc2c(c1)c1cc(-c3c(C)cccc3C)ccc1n2-c1c(C#N)cc(-c2ccc3c(c2)sc2cc(-c4cc(C#N)c(-n5c6ccc(-c7c(C)cccc7C)cc6c6cc(-c7c(C)cccc7C)ccc65)c(C#N)c4)ccc23)cc1C#N. The molecule has 15 rings (SSSR count). The number of nitrogens with zero attached hydrogens (tertiary/aromatic N) is 6. The molecular weight excluding hydrogens is 1130 g/mol. The van der Waals surface area contributed by atoms with Crippen molar-refractivity contribution in [3.05, 3.63) is 273 Å². The van der Waals surface area contributed by atoms with Gasteiger partial charge in [-0.3, -0.25) is 0 Å². The van der Waals surface area contributed by atoms with Crippen LogP contribution in [-0.4, -0.2) is 9.13 Å². The molecule has 430 valence electrons. The molecule has 91 heavy (non-hydrogen) atoms. The van der Waals surface area contributed by atoms with E-state index < -0.39 is 0 Å². The first-order valence-corrected chi connectivity index (χ1v) is 31.4. The summed E-state index contributed by atoms with van der Waals surface area (Å²) in [5.74, 6) is 0. The lowest BCUT2D eigenvalue weighted by atomic mass is 9.93. The number of hydrogen-bond donors (Lipinski definition) is 0. The second-order valence-corrected chi connectivity index (χ2v) is 25.6. The van der Waals surface area contributed by atoms with Gasteiger partial charge in [0, 0.05) is 41.7 Å². The molecule has 15 aromatic rings. The number of nitriles is 4. The van der Waals surface area contributed by atoms with Gasteiger partial charge < -0.3 is 9.13 Å². The second kappa shape index (κ2) is 21.6. The molecule has 0 saturated carbocycles. The average Bonchev–Trinajstić information content (AvgIpc) is 1.61. The molecule has 0 bridgehead atoms. The van der Waals surface area contributed by atoms with Crippen LogP contribution in [0.4, 0.5) is 0 Å². The maximum absolute atomic E-state index is 11.2. The van der Waals surface area contributed by atoms with Crippen LogP contribution in [0, 0.1) is 101 Å². The number of fused-ring (bicyclic) bond motifs is 9. The molecule has 0 aliphatic heterocycles. The lowest BCUT2D eigenvalue weighted by Crippen LogP contribution is -2.02. The number of benzene rings is 12. The van der Waals surface area contributed by atoms with Crippen molar-refractivity contribution in [2.45, 2.75) is 55.4 Å². The molecule has 6 nitrogen and oxygen atoms in total. The molecule has 0 radical (unpaired) electrons. The molecular formula is C84H58N6S. The van der Waals surface area contributed by atoms with E-state index in [1.807, 2.05) is 24.3 Å². The summed E-state index contributed by atoms with van der Waals surface area (Å²) in [4.78, 5) is 0. The minimum absolute atomic E-state index is 0.397. The smallest absolute Gasteiger partial charge is 0.101 e. The Kier molecular flexibility index (Phi) is 13.3. The van der Waals surface area contributed by atoms with Crippen molar-refractivity contribution >= 4 is 75.1 Å². The summed E-state index contributed by atoms with van der Waals surface area (Å²) in [6.07, 6.45) is 0. The molecule has 12 aromatic carbocycles. The summed E-state index contributed by atoms with van der Waals surface area (Å²) in [7, 11) is 0. The first kappa shape index (κ1) is 56.0. The van der Waals surface area contributed by atoms with E-state index >= 15 is 0 Å². The number of hydrogen-bond acceptors (Lipinski definition) is 5. The van der Waals surface area contributed by atoms with Gasteiger partial charge in [0.05, 0.1) is 55.7 Å². The highest BCUT2D eigenvalue weighted by molar-refractivity contribution is 7.25. The quantitative estimate of drug-likeness (QED) is 0.151. The zero-order valence-electron chi connectivity index (χ0n) is 51.7. The van der Waals surface area contributed by atoms with Crippen LogP contribution in [0.2, 0.25) is 0 Å². The van der Waals surface area contributed by atoms with Crippen molar-refractivity contribution in [1.29, 1.82) is 21.0 Å². The van der Waals surface area contributed by atoms with Crippen molar-refractivity contribution < 1.29 is 0 Å². The van der Waals surface area contributed by atoms with Crippen LogP contribution in [0.15, 0.2) is 206 Å². The zero-order chi connectivity index (χ0) is 62.7. The molecule has 0 unspecified atom stereocenters. The highest BCUT2D eigenvalue weighted by Crippen LogP contribution is 2.46. The van der Waals surface area contributed by atoms with Gasteiger partial charge in [-0.25, -0.2) is 0 Å². The predicted molar refractivity (Wildman–Crippen MR) is 377 cm³/mol. The minimum Gasteiger partial charge on any atom is -0.307 e. The fraction of sp³-hybridized carbons (Fsp3) is 0.0952. The van der Waals surface area contributed by atoms with Crippen LogP contribution < -0.4 is 0 Å². The Balaban J connectivity index is 0.826. The lowest BCUT2D eigenvalue weighted by Gasteiger charge is -2.15.